The maximum Gasteiger partial charge on any atom is 0.305 e. The number of esters is 1. The molecule has 0 aliphatic carbocycles. The Morgan fingerprint density at radius 1 is 0.341 bits per heavy atom. The zero-order valence-electron chi connectivity index (χ0n) is 55.5. The molecule has 0 bridgehead atoms. The lowest BCUT2D eigenvalue weighted by Gasteiger charge is -2.22. The van der Waals surface area contributed by atoms with Gasteiger partial charge in [0.25, 0.3) is 0 Å². The predicted molar refractivity (Wildman–Crippen MR) is 361 cm³/mol. The molecule has 82 heavy (non-hydrogen) atoms. The van der Waals surface area contributed by atoms with Gasteiger partial charge in [0, 0.05) is 12.8 Å². The first kappa shape index (κ1) is 80.1. The van der Waals surface area contributed by atoms with Crippen LogP contribution in [0.4, 0.5) is 0 Å². The largest absolute Gasteiger partial charge is 0.466 e. The second-order valence-corrected chi connectivity index (χ2v) is 25.6. The van der Waals surface area contributed by atoms with Gasteiger partial charge in [-0.15, -0.1) is 0 Å². The minimum absolute atomic E-state index is 0.00239. The first-order chi connectivity index (χ1) is 40.5. The standard InChI is InChI=1S/C76H145NO5/c1-3-5-7-9-11-13-15-17-19-20-21-22-32-35-38-41-44-48-52-56-60-64-68-74(79)73(72-78)77-75(80)69-65-61-57-53-49-45-42-39-36-33-30-28-26-24-23-25-27-29-31-34-37-40-43-47-51-55-59-63-67-71-82-76(81)70-66-62-58-54-50-46-18-16-14-12-10-8-6-4-2/h10,12,16,18,23,25,73-74,78-79H,3-9,11,13-15,17,19-22,24,26-72H2,1-2H3,(H,77,80)/b12-10-,18-16-,25-23-. The molecule has 484 valence electrons. The van der Waals surface area contributed by atoms with Gasteiger partial charge in [-0.25, -0.2) is 0 Å². The molecule has 0 rings (SSSR count). The molecule has 0 radical (unpaired) electrons. The molecule has 0 saturated heterocycles. The van der Waals surface area contributed by atoms with E-state index >= 15 is 0 Å². The minimum atomic E-state index is -0.665. The number of carbonyl (C=O) groups excluding carboxylic acids is 2. The molecule has 6 heteroatoms. The van der Waals surface area contributed by atoms with Gasteiger partial charge in [-0.1, -0.05) is 359 Å². The van der Waals surface area contributed by atoms with E-state index in [0.29, 0.717) is 25.9 Å². The molecule has 1 amide bonds. The number of rotatable bonds is 70. The minimum Gasteiger partial charge on any atom is -0.466 e. The molecule has 0 aliphatic heterocycles. The summed E-state index contributed by atoms with van der Waals surface area (Å²) in [5, 5.41) is 23.4. The van der Waals surface area contributed by atoms with E-state index in [-0.39, 0.29) is 18.5 Å². The summed E-state index contributed by atoms with van der Waals surface area (Å²) in [4.78, 5) is 24.6. The van der Waals surface area contributed by atoms with Crippen LogP contribution in [0.5, 0.6) is 0 Å². The van der Waals surface area contributed by atoms with Gasteiger partial charge in [0.15, 0.2) is 0 Å². The predicted octanol–water partition coefficient (Wildman–Crippen LogP) is 24.3. The van der Waals surface area contributed by atoms with Crippen LogP contribution in [0.3, 0.4) is 0 Å². The second kappa shape index (κ2) is 71.6. The van der Waals surface area contributed by atoms with E-state index in [1.54, 1.807) is 0 Å². The van der Waals surface area contributed by atoms with E-state index < -0.39 is 12.1 Å². The van der Waals surface area contributed by atoms with Crippen molar-refractivity contribution in [2.45, 2.75) is 424 Å². The average Bonchev–Trinajstić information content (AvgIpc) is 3.48. The number of ether oxygens (including phenoxy) is 1. The fourth-order valence-electron chi connectivity index (χ4n) is 11.7. The van der Waals surface area contributed by atoms with Crippen molar-refractivity contribution in [1.82, 2.24) is 5.32 Å². The van der Waals surface area contributed by atoms with Crippen molar-refractivity contribution >= 4 is 11.9 Å². The monoisotopic (exact) mass is 1150 g/mol. The highest BCUT2D eigenvalue weighted by Gasteiger charge is 2.20. The Labute approximate surface area is 513 Å². The lowest BCUT2D eigenvalue weighted by molar-refractivity contribution is -0.143. The fraction of sp³-hybridized carbons (Fsp3) is 0.895. The summed E-state index contributed by atoms with van der Waals surface area (Å²) in [5.74, 6) is -0.0272. The SMILES string of the molecule is CCCC/C=C\C/C=C\CCCCCCCC(=O)OCCCCCCCCCCCCCC/C=C\CCCCCCCCCCCCCCCC(=O)NC(CO)C(O)CCCCCCCCCCCCCCCCCCCCCCCC. The zero-order valence-corrected chi connectivity index (χ0v) is 55.5. The Kier molecular flexibility index (Phi) is 69.9. The van der Waals surface area contributed by atoms with Gasteiger partial charge in [-0.2, -0.15) is 0 Å². The number of unbranched alkanes of at least 4 members (excludes halogenated alkanes) is 53. The van der Waals surface area contributed by atoms with Crippen molar-refractivity contribution in [3.8, 4) is 0 Å². The van der Waals surface area contributed by atoms with E-state index in [0.717, 1.165) is 51.4 Å². The molecule has 0 aromatic carbocycles. The number of aliphatic hydroxyl groups excluding tert-OH is 2. The molecule has 0 aromatic rings. The van der Waals surface area contributed by atoms with Crippen LogP contribution in [0, 0.1) is 0 Å². The van der Waals surface area contributed by atoms with Crippen LogP contribution in [0.2, 0.25) is 0 Å². The van der Waals surface area contributed by atoms with Crippen LogP contribution < -0.4 is 5.32 Å². The van der Waals surface area contributed by atoms with Gasteiger partial charge in [-0.3, -0.25) is 9.59 Å². The summed E-state index contributed by atoms with van der Waals surface area (Å²) in [6.07, 6.45) is 92.1. The molecular formula is C76H145NO5. The first-order valence-corrected chi connectivity index (χ1v) is 37.2. The molecule has 0 spiro atoms. The first-order valence-electron chi connectivity index (χ1n) is 37.2. The lowest BCUT2D eigenvalue weighted by Crippen LogP contribution is -2.45. The Hall–Kier alpha value is -1.92. The van der Waals surface area contributed by atoms with Crippen LogP contribution in [-0.2, 0) is 14.3 Å². The molecule has 0 heterocycles. The van der Waals surface area contributed by atoms with Crippen LogP contribution in [0.15, 0.2) is 36.5 Å². The highest BCUT2D eigenvalue weighted by molar-refractivity contribution is 5.76. The number of hydrogen-bond donors (Lipinski definition) is 3. The van der Waals surface area contributed by atoms with Gasteiger partial charge in [-0.05, 0) is 77.0 Å². The maximum atomic E-state index is 12.6. The van der Waals surface area contributed by atoms with Crippen LogP contribution in [0.25, 0.3) is 0 Å². The highest BCUT2D eigenvalue weighted by Crippen LogP contribution is 2.19. The van der Waals surface area contributed by atoms with Crippen LogP contribution in [-0.4, -0.2) is 47.4 Å². The molecule has 0 fully saturated rings. The number of amides is 1. The molecule has 2 unspecified atom stereocenters. The summed E-state index contributed by atoms with van der Waals surface area (Å²) in [6, 6.07) is -0.542. The molecule has 0 aliphatic rings. The number of aliphatic hydroxyl groups is 2. The summed E-state index contributed by atoms with van der Waals surface area (Å²) >= 11 is 0. The van der Waals surface area contributed by atoms with E-state index in [1.807, 2.05) is 0 Å². The van der Waals surface area contributed by atoms with E-state index in [9.17, 15) is 19.8 Å². The molecule has 0 aromatic heterocycles. The molecule has 2 atom stereocenters. The summed E-state index contributed by atoms with van der Waals surface area (Å²) in [7, 11) is 0. The van der Waals surface area contributed by atoms with Crippen LogP contribution >= 0.6 is 0 Å². The molecule has 6 nitrogen and oxygen atoms in total. The van der Waals surface area contributed by atoms with Crippen molar-refractivity contribution in [3.63, 3.8) is 0 Å². The van der Waals surface area contributed by atoms with Crippen molar-refractivity contribution in [3.05, 3.63) is 36.5 Å². The smallest absolute Gasteiger partial charge is 0.305 e. The molecule has 3 N–H and O–H groups in total. The number of carbonyl (C=O) groups is 2. The van der Waals surface area contributed by atoms with E-state index in [1.165, 1.54) is 327 Å². The van der Waals surface area contributed by atoms with Gasteiger partial charge in [0.2, 0.25) is 5.91 Å². The molecule has 0 saturated carbocycles. The highest BCUT2D eigenvalue weighted by atomic mass is 16.5. The number of hydrogen-bond acceptors (Lipinski definition) is 5. The van der Waals surface area contributed by atoms with Gasteiger partial charge in [0.1, 0.15) is 0 Å². The van der Waals surface area contributed by atoms with Crippen molar-refractivity contribution in [2.24, 2.45) is 0 Å². The third-order valence-corrected chi connectivity index (χ3v) is 17.4. The Bertz CT molecular complexity index is 1330. The fourth-order valence-corrected chi connectivity index (χ4v) is 11.7. The summed E-state index contributed by atoms with van der Waals surface area (Å²) < 4.78 is 5.48. The second-order valence-electron chi connectivity index (χ2n) is 25.6. The molecular weight excluding hydrogens is 1010 g/mol. The Morgan fingerprint density at radius 2 is 0.622 bits per heavy atom. The van der Waals surface area contributed by atoms with Crippen molar-refractivity contribution in [1.29, 1.82) is 0 Å². The Morgan fingerprint density at radius 3 is 0.976 bits per heavy atom. The topological polar surface area (TPSA) is 95.9 Å². The maximum absolute atomic E-state index is 12.6. The van der Waals surface area contributed by atoms with Gasteiger partial charge < -0.3 is 20.3 Å². The third kappa shape index (κ3) is 67.2. The normalized spacial score (nSPS) is 12.7. The van der Waals surface area contributed by atoms with E-state index in [4.69, 9.17) is 4.74 Å². The lowest BCUT2D eigenvalue weighted by atomic mass is 10.0. The van der Waals surface area contributed by atoms with Gasteiger partial charge in [0.05, 0.1) is 25.4 Å². The Balaban J connectivity index is 3.38. The van der Waals surface area contributed by atoms with Crippen molar-refractivity contribution < 1.29 is 24.5 Å². The van der Waals surface area contributed by atoms with Gasteiger partial charge >= 0.3 is 5.97 Å². The quantitative estimate of drug-likeness (QED) is 0.0320. The third-order valence-electron chi connectivity index (χ3n) is 17.4. The average molecular weight is 1150 g/mol. The summed E-state index contributed by atoms with van der Waals surface area (Å²) in [6.45, 7) is 4.95. The summed E-state index contributed by atoms with van der Waals surface area (Å²) in [5.41, 5.74) is 0. The number of allylic oxidation sites excluding steroid dienone is 6. The number of nitrogens with one attached hydrogen (secondary N) is 1. The van der Waals surface area contributed by atoms with E-state index in [2.05, 4.69) is 55.6 Å². The zero-order chi connectivity index (χ0) is 59.2. The van der Waals surface area contributed by atoms with Crippen LogP contribution in [0.1, 0.15) is 412 Å². The van der Waals surface area contributed by atoms with Crippen molar-refractivity contribution in [2.75, 3.05) is 13.2 Å².